The molecule has 3 aromatic rings. The van der Waals surface area contributed by atoms with E-state index in [1.807, 2.05) is 0 Å². The number of anilines is 5. The molecule has 0 fully saturated rings. The Labute approximate surface area is 161 Å². The summed E-state index contributed by atoms with van der Waals surface area (Å²) in [6.07, 6.45) is 0. The van der Waals surface area contributed by atoms with Crippen LogP contribution in [-0.2, 0) is 0 Å². The van der Waals surface area contributed by atoms with Crippen molar-refractivity contribution >= 4 is 40.0 Å². The predicted molar refractivity (Wildman–Crippen MR) is 109 cm³/mol. The number of hydrogen-bond acceptors (Lipinski definition) is 7. The normalized spacial score (nSPS) is 12.3. The van der Waals surface area contributed by atoms with Crippen molar-refractivity contribution in [2.45, 2.75) is 0 Å². The number of nitrogen functional groups attached to an aromatic ring is 3. The molecule has 0 saturated carbocycles. The summed E-state index contributed by atoms with van der Waals surface area (Å²) in [4.78, 5) is 26.4. The number of hydrogen-bond donors (Lipinski definition) is 4. The lowest BCUT2D eigenvalue weighted by molar-refractivity contribution is 0.0981. The minimum Gasteiger partial charge on any atom is -0.497 e. The summed E-state index contributed by atoms with van der Waals surface area (Å²) in [5.41, 5.74) is 20.3. The second kappa shape index (κ2) is 6.31. The smallest absolute Gasteiger partial charge is 0.198 e. The largest absolute Gasteiger partial charge is 0.497 e. The third-order valence-corrected chi connectivity index (χ3v) is 4.78. The van der Waals surface area contributed by atoms with E-state index in [4.69, 9.17) is 21.9 Å². The topological polar surface area (TPSA) is 133 Å². The number of rotatable bonds is 3. The molecule has 1 aliphatic rings. The van der Waals surface area contributed by atoms with Crippen molar-refractivity contribution in [3.63, 3.8) is 0 Å². The van der Waals surface area contributed by atoms with Gasteiger partial charge in [0.15, 0.2) is 11.6 Å². The summed E-state index contributed by atoms with van der Waals surface area (Å²) in [5, 5.41) is 3.17. The average molecular weight is 374 g/mol. The number of carbonyl (C=O) groups is 2. The lowest BCUT2D eigenvalue weighted by atomic mass is 9.80. The van der Waals surface area contributed by atoms with Gasteiger partial charge in [-0.2, -0.15) is 0 Å². The quantitative estimate of drug-likeness (QED) is 0.405. The van der Waals surface area contributed by atoms with Gasteiger partial charge in [0.05, 0.1) is 35.1 Å². The number of ether oxygens (including phenoxy) is 1. The van der Waals surface area contributed by atoms with Gasteiger partial charge in [0.25, 0.3) is 0 Å². The molecule has 7 heteroatoms. The van der Waals surface area contributed by atoms with Gasteiger partial charge in [-0.05, 0) is 48.5 Å². The molecule has 0 saturated heterocycles. The van der Waals surface area contributed by atoms with Gasteiger partial charge >= 0.3 is 0 Å². The molecular weight excluding hydrogens is 356 g/mol. The Hall–Kier alpha value is -4.00. The van der Waals surface area contributed by atoms with Crippen LogP contribution in [0.2, 0.25) is 0 Å². The van der Waals surface area contributed by atoms with E-state index in [1.54, 1.807) is 43.5 Å². The Bertz CT molecular complexity index is 1140. The highest BCUT2D eigenvalue weighted by Gasteiger charge is 2.36. The first kappa shape index (κ1) is 17.4. The molecule has 140 valence electrons. The van der Waals surface area contributed by atoms with Gasteiger partial charge in [-0.1, -0.05) is 0 Å². The highest BCUT2D eigenvalue weighted by atomic mass is 16.5. The van der Waals surface area contributed by atoms with Crippen molar-refractivity contribution < 1.29 is 14.3 Å². The molecule has 0 aromatic heterocycles. The SMILES string of the molecule is COc1ccc(Nc2ccc(N)c3c2C(=O)c2c(N)ccc(N)c2C3=O)cc1. The fourth-order valence-electron chi connectivity index (χ4n) is 3.41. The van der Waals surface area contributed by atoms with E-state index >= 15 is 0 Å². The predicted octanol–water partition coefficient (Wildman–Crippen LogP) is 2.96. The number of nitrogens with two attached hydrogens (primary N) is 3. The van der Waals surface area contributed by atoms with Crippen molar-refractivity contribution in [1.29, 1.82) is 0 Å². The van der Waals surface area contributed by atoms with Crippen molar-refractivity contribution in [3.8, 4) is 5.75 Å². The van der Waals surface area contributed by atoms with Crippen LogP contribution >= 0.6 is 0 Å². The summed E-state index contributed by atoms with van der Waals surface area (Å²) < 4.78 is 5.15. The monoisotopic (exact) mass is 374 g/mol. The second-order valence-electron chi connectivity index (χ2n) is 6.46. The van der Waals surface area contributed by atoms with Gasteiger partial charge < -0.3 is 27.3 Å². The van der Waals surface area contributed by atoms with Crippen LogP contribution in [0.15, 0.2) is 48.5 Å². The zero-order valence-corrected chi connectivity index (χ0v) is 15.1. The summed E-state index contributed by atoms with van der Waals surface area (Å²) >= 11 is 0. The molecule has 7 nitrogen and oxygen atoms in total. The van der Waals surface area contributed by atoms with Crippen molar-refractivity contribution in [3.05, 3.63) is 70.8 Å². The van der Waals surface area contributed by atoms with Crippen LogP contribution in [0.1, 0.15) is 31.8 Å². The highest BCUT2D eigenvalue weighted by Crippen LogP contribution is 2.40. The van der Waals surface area contributed by atoms with E-state index < -0.39 is 11.6 Å². The second-order valence-corrected chi connectivity index (χ2v) is 6.46. The fraction of sp³-hybridized carbons (Fsp3) is 0.0476. The summed E-state index contributed by atoms with van der Waals surface area (Å²) in [6.45, 7) is 0. The molecule has 0 heterocycles. The molecule has 0 unspecified atom stereocenters. The van der Waals surface area contributed by atoms with Crippen LogP contribution in [0.3, 0.4) is 0 Å². The van der Waals surface area contributed by atoms with E-state index in [9.17, 15) is 9.59 Å². The van der Waals surface area contributed by atoms with E-state index in [0.717, 1.165) is 5.69 Å². The highest BCUT2D eigenvalue weighted by molar-refractivity contribution is 6.34. The Kier molecular flexibility index (Phi) is 3.93. The molecule has 28 heavy (non-hydrogen) atoms. The molecule has 7 N–H and O–H groups in total. The average Bonchev–Trinajstić information content (AvgIpc) is 2.69. The number of ketones is 2. The fourth-order valence-corrected chi connectivity index (χ4v) is 3.41. The zero-order valence-electron chi connectivity index (χ0n) is 15.1. The van der Waals surface area contributed by atoms with Crippen LogP contribution in [0.4, 0.5) is 28.4 Å². The first-order valence-corrected chi connectivity index (χ1v) is 8.53. The Balaban J connectivity index is 1.88. The van der Waals surface area contributed by atoms with E-state index in [-0.39, 0.29) is 39.3 Å². The maximum atomic E-state index is 13.3. The molecule has 0 aliphatic heterocycles. The third-order valence-electron chi connectivity index (χ3n) is 4.78. The molecular formula is C21H18N4O3. The first-order valence-electron chi connectivity index (χ1n) is 8.53. The van der Waals surface area contributed by atoms with Crippen LogP contribution in [0.5, 0.6) is 5.75 Å². The van der Waals surface area contributed by atoms with Gasteiger partial charge in [-0.15, -0.1) is 0 Å². The molecule has 0 atom stereocenters. The van der Waals surface area contributed by atoms with Gasteiger partial charge in [0.2, 0.25) is 0 Å². The van der Waals surface area contributed by atoms with Gasteiger partial charge in [0.1, 0.15) is 5.75 Å². The number of carbonyl (C=O) groups excluding carboxylic acids is 2. The third kappa shape index (κ3) is 2.52. The minimum absolute atomic E-state index is 0.103. The zero-order chi connectivity index (χ0) is 20.0. The molecule has 0 spiro atoms. The lowest BCUT2D eigenvalue weighted by Gasteiger charge is -2.24. The number of nitrogens with one attached hydrogen (secondary N) is 1. The summed E-state index contributed by atoms with van der Waals surface area (Å²) in [6, 6.07) is 13.5. The van der Waals surface area contributed by atoms with Gasteiger partial charge in [0, 0.05) is 22.7 Å². The summed E-state index contributed by atoms with van der Waals surface area (Å²) in [7, 11) is 1.58. The Morgan fingerprint density at radius 3 is 1.68 bits per heavy atom. The van der Waals surface area contributed by atoms with E-state index in [1.165, 1.54) is 12.1 Å². The lowest BCUT2D eigenvalue weighted by Crippen LogP contribution is -2.26. The van der Waals surface area contributed by atoms with Crippen LogP contribution in [0.25, 0.3) is 0 Å². The van der Waals surface area contributed by atoms with Gasteiger partial charge in [-0.25, -0.2) is 0 Å². The van der Waals surface area contributed by atoms with Crippen molar-refractivity contribution in [2.24, 2.45) is 0 Å². The minimum atomic E-state index is -0.412. The van der Waals surface area contributed by atoms with Crippen LogP contribution in [-0.4, -0.2) is 18.7 Å². The maximum Gasteiger partial charge on any atom is 0.198 e. The molecule has 3 aromatic carbocycles. The van der Waals surface area contributed by atoms with Crippen LogP contribution < -0.4 is 27.3 Å². The molecule has 0 bridgehead atoms. The first-order chi connectivity index (χ1) is 13.4. The number of benzene rings is 3. The van der Waals surface area contributed by atoms with E-state index in [2.05, 4.69) is 5.32 Å². The Morgan fingerprint density at radius 2 is 1.14 bits per heavy atom. The van der Waals surface area contributed by atoms with E-state index in [0.29, 0.717) is 11.4 Å². The molecule has 4 rings (SSSR count). The molecule has 0 amide bonds. The maximum absolute atomic E-state index is 13.3. The summed E-state index contributed by atoms with van der Waals surface area (Å²) in [5.74, 6) is -0.101. The molecule has 1 aliphatic carbocycles. The molecule has 0 radical (unpaired) electrons. The van der Waals surface area contributed by atoms with Crippen LogP contribution in [0, 0.1) is 0 Å². The van der Waals surface area contributed by atoms with Crippen molar-refractivity contribution in [2.75, 3.05) is 29.6 Å². The number of methoxy groups -OCH3 is 1. The van der Waals surface area contributed by atoms with Gasteiger partial charge in [-0.3, -0.25) is 9.59 Å². The Morgan fingerprint density at radius 1 is 0.679 bits per heavy atom. The number of fused-ring (bicyclic) bond motifs is 2. The standard InChI is InChI=1S/C21H18N4O3/c1-28-11-4-2-10(3-5-11)25-15-9-8-14(24)18-19(15)21(27)17-13(23)7-6-12(22)16(17)20(18)26/h2-9,25H,22-24H2,1H3. The van der Waals surface area contributed by atoms with Crippen molar-refractivity contribution in [1.82, 2.24) is 0 Å².